The molecule has 0 atom stereocenters. The molecule has 1 aromatic heterocycles. The van der Waals surface area contributed by atoms with Gasteiger partial charge in [0.05, 0.1) is 19.8 Å². The first kappa shape index (κ1) is 22.6. The maximum Gasteiger partial charge on any atom is 0.271 e. The van der Waals surface area contributed by atoms with Gasteiger partial charge in [0.15, 0.2) is 5.78 Å². The van der Waals surface area contributed by atoms with Crippen LogP contribution >= 0.6 is 0 Å². The normalized spacial score (nSPS) is 10.4. The molecular formula is C25H24N2O5. The number of aromatic hydroxyl groups is 1. The van der Waals surface area contributed by atoms with E-state index in [-0.39, 0.29) is 35.4 Å². The van der Waals surface area contributed by atoms with Gasteiger partial charge in [-0.3, -0.25) is 14.2 Å². The highest BCUT2D eigenvalue weighted by molar-refractivity contribution is 6.01. The summed E-state index contributed by atoms with van der Waals surface area (Å²) in [5.41, 5.74) is 1.07. The number of rotatable bonds is 8. The van der Waals surface area contributed by atoms with Crippen molar-refractivity contribution in [3.8, 4) is 23.4 Å². The molecule has 0 radical (unpaired) electrons. The molecule has 3 rings (SSSR count). The predicted octanol–water partition coefficient (Wildman–Crippen LogP) is 3.42. The Balaban J connectivity index is 1.94. The number of aromatic nitrogens is 1. The smallest absolute Gasteiger partial charge is 0.271 e. The first-order valence-electron chi connectivity index (χ1n) is 10.0. The van der Waals surface area contributed by atoms with E-state index in [1.807, 2.05) is 18.2 Å². The summed E-state index contributed by atoms with van der Waals surface area (Å²) in [6.07, 6.45) is 0.442. The molecule has 0 fully saturated rings. The highest BCUT2D eigenvalue weighted by Gasteiger charge is 2.24. The average molecular weight is 432 g/mol. The number of ketones is 1. The van der Waals surface area contributed by atoms with E-state index in [0.717, 1.165) is 15.7 Å². The first-order chi connectivity index (χ1) is 15.4. The van der Waals surface area contributed by atoms with Gasteiger partial charge < -0.3 is 14.6 Å². The van der Waals surface area contributed by atoms with Gasteiger partial charge in [0, 0.05) is 13.0 Å². The zero-order valence-electron chi connectivity index (χ0n) is 18.2. The second kappa shape index (κ2) is 9.84. The standard InChI is InChI=1S/C25H24N2O5/c1-16-21(15-26)24(29)27(13-12-17-4-8-19(31-2)9-5-17)25(30)23(16)22(28)14-18-6-10-20(32-3)11-7-18/h4-11,30H,12-14H2,1-3H3. The van der Waals surface area contributed by atoms with Crippen molar-refractivity contribution in [1.82, 2.24) is 4.57 Å². The highest BCUT2D eigenvalue weighted by atomic mass is 16.5. The molecule has 0 aliphatic rings. The lowest BCUT2D eigenvalue weighted by Crippen LogP contribution is -2.27. The van der Waals surface area contributed by atoms with Crippen LogP contribution in [0.2, 0.25) is 0 Å². The number of benzene rings is 2. The molecule has 3 aromatic rings. The summed E-state index contributed by atoms with van der Waals surface area (Å²) in [5, 5.41) is 20.4. The lowest BCUT2D eigenvalue weighted by atomic mass is 9.97. The molecule has 0 bridgehead atoms. The van der Waals surface area contributed by atoms with Gasteiger partial charge in [0.25, 0.3) is 5.56 Å². The molecule has 32 heavy (non-hydrogen) atoms. The molecule has 7 nitrogen and oxygen atoms in total. The SMILES string of the molecule is COc1ccc(CCn2c(O)c(C(=O)Cc3ccc(OC)cc3)c(C)c(C#N)c2=O)cc1. The Kier molecular flexibility index (Phi) is 6.96. The van der Waals surface area contributed by atoms with E-state index in [0.29, 0.717) is 17.9 Å². The second-order valence-corrected chi connectivity index (χ2v) is 7.31. The summed E-state index contributed by atoms with van der Waals surface area (Å²) in [4.78, 5) is 25.9. The summed E-state index contributed by atoms with van der Waals surface area (Å²) in [6, 6.07) is 16.2. The van der Waals surface area contributed by atoms with Gasteiger partial charge in [-0.15, -0.1) is 0 Å². The van der Waals surface area contributed by atoms with Gasteiger partial charge in [0.2, 0.25) is 5.88 Å². The topological polar surface area (TPSA) is 102 Å². The fourth-order valence-electron chi connectivity index (χ4n) is 3.54. The monoisotopic (exact) mass is 432 g/mol. The first-order valence-corrected chi connectivity index (χ1v) is 10.0. The summed E-state index contributed by atoms with van der Waals surface area (Å²) in [7, 11) is 3.13. The van der Waals surface area contributed by atoms with E-state index in [1.54, 1.807) is 50.6 Å². The van der Waals surface area contributed by atoms with Crippen molar-refractivity contribution in [2.45, 2.75) is 26.3 Å². The summed E-state index contributed by atoms with van der Waals surface area (Å²) in [5.74, 6) is 0.583. The summed E-state index contributed by atoms with van der Waals surface area (Å²) >= 11 is 0. The van der Waals surface area contributed by atoms with Gasteiger partial charge in [-0.25, -0.2) is 0 Å². The molecule has 0 unspecified atom stereocenters. The van der Waals surface area contributed by atoms with Crippen LogP contribution in [0.5, 0.6) is 17.4 Å². The number of hydrogen-bond acceptors (Lipinski definition) is 6. The van der Waals surface area contributed by atoms with Crippen LogP contribution in [0.4, 0.5) is 0 Å². The molecule has 0 amide bonds. The van der Waals surface area contributed by atoms with E-state index < -0.39 is 11.4 Å². The number of aryl methyl sites for hydroxylation is 1. The van der Waals surface area contributed by atoms with E-state index in [9.17, 15) is 20.0 Å². The Morgan fingerprint density at radius 2 is 1.53 bits per heavy atom. The van der Waals surface area contributed by atoms with Gasteiger partial charge in [-0.2, -0.15) is 5.26 Å². The lowest BCUT2D eigenvalue weighted by Gasteiger charge is -2.16. The van der Waals surface area contributed by atoms with Crippen LogP contribution < -0.4 is 15.0 Å². The largest absolute Gasteiger partial charge is 0.497 e. The molecule has 2 aromatic carbocycles. The van der Waals surface area contributed by atoms with Crippen molar-refractivity contribution in [3.05, 3.63) is 86.7 Å². The predicted molar refractivity (Wildman–Crippen MR) is 120 cm³/mol. The Morgan fingerprint density at radius 1 is 1.00 bits per heavy atom. The van der Waals surface area contributed by atoms with Crippen molar-refractivity contribution in [2.24, 2.45) is 0 Å². The quantitative estimate of drug-likeness (QED) is 0.548. The summed E-state index contributed by atoms with van der Waals surface area (Å²) in [6.45, 7) is 1.63. The zero-order valence-corrected chi connectivity index (χ0v) is 18.2. The number of carbonyl (C=O) groups excluding carboxylic acids is 1. The fourth-order valence-corrected chi connectivity index (χ4v) is 3.54. The highest BCUT2D eigenvalue weighted by Crippen LogP contribution is 2.25. The fraction of sp³-hybridized carbons (Fsp3) is 0.240. The molecule has 7 heteroatoms. The number of methoxy groups -OCH3 is 2. The maximum absolute atomic E-state index is 13.1. The number of Topliss-reactive ketones (excluding diaryl/α,β-unsaturated/α-hetero) is 1. The Bertz CT molecular complexity index is 1220. The van der Waals surface area contributed by atoms with Crippen LogP contribution in [0, 0.1) is 18.3 Å². The van der Waals surface area contributed by atoms with Crippen LogP contribution in [0.15, 0.2) is 53.3 Å². The minimum absolute atomic E-state index is 0.00769. The van der Waals surface area contributed by atoms with Crippen molar-refractivity contribution in [1.29, 1.82) is 5.26 Å². The van der Waals surface area contributed by atoms with Gasteiger partial charge in [0.1, 0.15) is 23.1 Å². The van der Waals surface area contributed by atoms with Crippen LogP contribution in [0.25, 0.3) is 0 Å². The number of nitrogens with zero attached hydrogens (tertiary/aromatic N) is 2. The third-order valence-electron chi connectivity index (χ3n) is 5.39. The van der Waals surface area contributed by atoms with Crippen molar-refractivity contribution in [3.63, 3.8) is 0 Å². The maximum atomic E-state index is 13.1. The summed E-state index contributed by atoms with van der Waals surface area (Å²) < 4.78 is 11.4. The molecular weight excluding hydrogens is 408 g/mol. The average Bonchev–Trinajstić information content (AvgIpc) is 2.80. The number of hydrogen-bond donors (Lipinski definition) is 1. The molecule has 0 saturated carbocycles. The van der Waals surface area contributed by atoms with Crippen LogP contribution in [0.1, 0.15) is 32.6 Å². The molecule has 0 aliphatic heterocycles. The molecule has 1 heterocycles. The van der Waals surface area contributed by atoms with Crippen LogP contribution in [-0.4, -0.2) is 29.7 Å². The number of pyridine rings is 1. The Labute approximate surface area is 186 Å². The third kappa shape index (κ3) is 4.65. The van der Waals surface area contributed by atoms with E-state index in [1.165, 1.54) is 6.92 Å². The van der Waals surface area contributed by atoms with Gasteiger partial charge in [-0.05, 0) is 54.3 Å². The molecule has 0 aliphatic carbocycles. The lowest BCUT2D eigenvalue weighted by molar-refractivity contribution is 0.0988. The Hall–Kier alpha value is -4.05. The van der Waals surface area contributed by atoms with Crippen molar-refractivity contribution < 1.29 is 19.4 Å². The van der Waals surface area contributed by atoms with Gasteiger partial charge >= 0.3 is 0 Å². The second-order valence-electron chi connectivity index (χ2n) is 7.31. The van der Waals surface area contributed by atoms with Crippen molar-refractivity contribution in [2.75, 3.05) is 14.2 Å². The molecule has 0 saturated heterocycles. The Morgan fingerprint density at radius 3 is 2.03 bits per heavy atom. The molecule has 1 N–H and O–H groups in total. The van der Waals surface area contributed by atoms with E-state index >= 15 is 0 Å². The van der Waals surface area contributed by atoms with Crippen LogP contribution in [0.3, 0.4) is 0 Å². The minimum atomic E-state index is -0.614. The van der Waals surface area contributed by atoms with Gasteiger partial charge in [-0.1, -0.05) is 24.3 Å². The third-order valence-corrected chi connectivity index (χ3v) is 5.39. The molecule has 164 valence electrons. The molecule has 0 spiro atoms. The van der Waals surface area contributed by atoms with E-state index in [2.05, 4.69) is 0 Å². The zero-order chi connectivity index (χ0) is 23.3. The number of ether oxygens (including phenoxy) is 2. The van der Waals surface area contributed by atoms with Crippen molar-refractivity contribution >= 4 is 5.78 Å². The minimum Gasteiger partial charge on any atom is -0.497 e. The van der Waals surface area contributed by atoms with E-state index in [4.69, 9.17) is 9.47 Å². The number of carbonyl (C=O) groups is 1. The number of nitriles is 1. The van der Waals surface area contributed by atoms with Crippen LogP contribution in [-0.2, 0) is 19.4 Å².